The van der Waals surface area contributed by atoms with Crippen LogP contribution in [0, 0.1) is 23.7 Å². The second-order valence-electron chi connectivity index (χ2n) is 4.01. The van der Waals surface area contributed by atoms with Crippen LogP contribution in [0.5, 0.6) is 0 Å². The van der Waals surface area contributed by atoms with Crippen LogP contribution < -0.4 is 0 Å². The Hall–Kier alpha value is -0.770. The van der Waals surface area contributed by atoms with Gasteiger partial charge in [-0.1, -0.05) is 6.92 Å². The maximum atomic E-state index is 11.5. The molecule has 1 rings (SSSR count). The van der Waals surface area contributed by atoms with E-state index >= 15 is 0 Å². The van der Waals surface area contributed by atoms with Crippen molar-refractivity contribution in [1.29, 1.82) is 0 Å². The lowest BCUT2D eigenvalue weighted by atomic mass is 9.79. The van der Waals surface area contributed by atoms with Gasteiger partial charge in [0, 0.05) is 18.8 Å². The molecule has 1 aliphatic carbocycles. The number of ketones is 1. The Bertz CT molecular complexity index is 231. The topological polar surface area (TPSA) is 17.1 Å². The van der Waals surface area contributed by atoms with Gasteiger partial charge in [-0.2, -0.15) is 0 Å². The molecule has 1 saturated carbocycles. The van der Waals surface area contributed by atoms with Gasteiger partial charge in [0.05, 0.1) is 0 Å². The van der Waals surface area contributed by atoms with E-state index in [9.17, 15) is 4.79 Å². The smallest absolute Gasteiger partial charge is 0.136 e. The van der Waals surface area contributed by atoms with Crippen LogP contribution in [0.4, 0.5) is 0 Å². The third-order valence-corrected chi connectivity index (χ3v) is 2.82. The lowest BCUT2D eigenvalue weighted by Crippen LogP contribution is -2.23. The second kappa shape index (κ2) is 5.07. The summed E-state index contributed by atoms with van der Waals surface area (Å²) in [6.07, 6.45) is 4.84. The number of rotatable bonds is 2. The number of Topliss-reactive ketones (excluding diaryl/α,β-unsaturated/α-hetero) is 1. The van der Waals surface area contributed by atoms with Crippen molar-refractivity contribution < 1.29 is 4.79 Å². The van der Waals surface area contributed by atoms with Crippen LogP contribution in [0.3, 0.4) is 0 Å². The zero-order valence-corrected chi connectivity index (χ0v) is 8.60. The highest BCUT2D eigenvalue weighted by Gasteiger charge is 2.25. The largest absolute Gasteiger partial charge is 0.299 e. The van der Waals surface area contributed by atoms with E-state index in [1.807, 2.05) is 6.92 Å². The third kappa shape index (κ3) is 3.22. The van der Waals surface area contributed by atoms with Crippen molar-refractivity contribution in [2.45, 2.75) is 46.0 Å². The van der Waals surface area contributed by atoms with E-state index in [0.29, 0.717) is 11.7 Å². The average Bonchev–Trinajstić information content (AvgIpc) is 2.11. The van der Waals surface area contributed by atoms with Crippen molar-refractivity contribution >= 4 is 5.78 Å². The molecule has 1 fully saturated rings. The summed E-state index contributed by atoms with van der Waals surface area (Å²) in [5, 5.41) is 0. The SMILES string of the molecule is CC#CCCC1CC(C)CCC1=O. The molecule has 0 radical (unpaired) electrons. The minimum absolute atomic E-state index is 0.310. The fourth-order valence-electron chi connectivity index (χ4n) is 1.98. The van der Waals surface area contributed by atoms with Gasteiger partial charge >= 0.3 is 0 Å². The van der Waals surface area contributed by atoms with E-state index in [1.165, 1.54) is 0 Å². The molecule has 0 aromatic rings. The molecule has 2 unspecified atom stereocenters. The van der Waals surface area contributed by atoms with Gasteiger partial charge < -0.3 is 0 Å². The Kier molecular flexibility index (Phi) is 4.02. The first-order valence-electron chi connectivity index (χ1n) is 5.16. The van der Waals surface area contributed by atoms with E-state index < -0.39 is 0 Å². The highest BCUT2D eigenvalue weighted by molar-refractivity contribution is 5.81. The minimum Gasteiger partial charge on any atom is -0.299 e. The summed E-state index contributed by atoms with van der Waals surface area (Å²) in [6, 6.07) is 0. The maximum Gasteiger partial charge on any atom is 0.136 e. The van der Waals surface area contributed by atoms with E-state index in [2.05, 4.69) is 18.8 Å². The van der Waals surface area contributed by atoms with Crippen LogP contribution >= 0.6 is 0 Å². The van der Waals surface area contributed by atoms with Crippen LogP contribution in [0.1, 0.15) is 46.0 Å². The first-order chi connectivity index (χ1) is 6.24. The summed E-state index contributed by atoms with van der Waals surface area (Å²) < 4.78 is 0. The molecule has 0 bridgehead atoms. The quantitative estimate of drug-likeness (QED) is 0.594. The lowest BCUT2D eigenvalue weighted by Gasteiger charge is -2.24. The molecule has 13 heavy (non-hydrogen) atoms. The van der Waals surface area contributed by atoms with Gasteiger partial charge in [-0.05, 0) is 32.1 Å². The van der Waals surface area contributed by atoms with Gasteiger partial charge in [0.25, 0.3) is 0 Å². The number of carbonyl (C=O) groups is 1. The van der Waals surface area contributed by atoms with Gasteiger partial charge in [-0.15, -0.1) is 11.8 Å². The van der Waals surface area contributed by atoms with Gasteiger partial charge in [-0.25, -0.2) is 0 Å². The van der Waals surface area contributed by atoms with Crippen LogP contribution in [0.2, 0.25) is 0 Å². The summed E-state index contributed by atoms with van der Waals surface area (Å²) in [5.41, 5.74) is 0. The fourth-order valence-corrected chi connectivity index (χ4v) is 1.98. The average molecular weight is 178 g/mol. The van der Waals surface area contributed by atoms with Crippen molar-refractivity contribution in [3.8, 4) is 11.8 Å². The Morgan fingerprint density at radius 2 is 2.31 bits per heavy atom. The molecule has 0 aromatic carbocycles. The molecule has 0 aromatic heterocycles. The highest BCUT2D eigenvalue weighted by Crippen LogP contribution is 2.28. The highest BCUT2D eigenvalue weighted by atomic mass is 16.1. The van der Waals surface area contributed by atoms with Crippen LogP contribution in [0.25, 0.3) is 0 Å². The van der Waals surface area contributed by atoms with Crippen molar-refractivity contribution in [3.63, 3.8) is 0 Å². The van der Waals surface area contributed by atoms with Gasteiger partial charge in [-0.3, -0.25) is 4.79 Å². The van der Waals surface area contributed by atoms with E-state index in [0.717, 1.165) is 38.0 Å². The second-order valence-corrected chi connectivity index (χ2v) is 4.01. The molecule has 0 heterocycles. The van der Waals surface area contributed by atoms with Crippen molar-refractivity contribution in [2.24, 2.45) is 11.8 Å². The summed E-state index contributed by atoms with van der Waals surface area (Å²) in [6.45, 7) is 4.09. The number of hydrogen-bond donors (Lipinski definition) is 0. The number of carbonyl (C=O) groups excluding carboxylic acids is 1. The molecule has 1 aliphatic rings. The standard InChI is InChI=1S/C12H18O/c1-3-4-5-6-11-9-10(2)7-8-12(11)13/h10-11H,5-9H2,1-2H3. The third-order valence-electron chi connectivity index (χ3n) is 2.82. The monoisotopic (exact) mass is 178 g/mol. The molecular weight excluding hydrogens is 160 g/mol. The molecule has 0 saturated heterocycles. The summed E-state index contributed by atoms with van der Waals surface area (Å²) in [5.74, 6) is 7.41. The van der Waals surface area contributed by atoms with E-state index in [-0.39, 0.29) is 0 Å². The van der Waals surface area contributed by atoms with Crippen molar-refractivity contribution in [3.05, 3.63) is 0 Å². The maximum absolute atomic E-state index is 11.5. The van der Waals surface area contributed by atoms with Crippen LogP contribution in [0.15, 0.2) is 0 Å². The van der Waals surface area contributed by atoms with Crippen molar-refractivity contribution in [2.75, 3.05) is 0 Å². The normalized spacial score (nSPS) is 28.0. The molecule has 0 amide bonds. The Morgan fingerprint density at radius 3 is 3.00 bits per heavy atom. The van der Waals surface area contributed by atoms with Crippen LogP contribution in [-0.4, -0.2) is 5.78 Å². The predicted molar refractivity (Wildman–Crippen MR) is 54.2 cm³/mol. The predicted octanol–water partition coefficient (Wildman–Crippen LogP) is 2.80. The Balaban J connectivity index is 2.36. The summed E-state index contributed by atoms with van der Waals surface area (Å²) in [7, 11) is 0. The summed E-state index contributed by atoms with van der Waals surface area (Å²) in [4.78, 5) is 11.5. The van der Waals surface area contributed by atoms with Crippen LogP contribution in [-0.2, 0) is 4.79 Å². The fraction of sp³-hybridized carbons (Fsp3) is 0.750. The van der Waals surface area contributed by atoms with Gasteiger partial charge in [0.2, 0.25) is 0 Å². The van der Waals surface area contributed by atoms with E-state index in [4.69, 9.17) is 0 Å². The molecule has 0 aliphatic heterocycles. The summed E-state index contributed by atoms with van der Waals surface area (Å²) >= 11 is 0. The van der Waals surface area contributed by atoms with E-state index in [1.54, 1.807) is 0 Å². The molecule has 2 atom stereocenters. The Morgan fingerprint density at radius 1 is 1.54 bits per heavy atom. The lowest BCUT2D eigenvalue weighted by molar-refractivity contribution is -0.125. The minimum atomic E-state index is 0.310. The van der Waals surface area contributed by atoms with Gasteiger partial charge in [0.1, 0.15) is 5.78 Å². The zero-order valence-electron chi connectivity index (χ0n) is 8.60. The molecule has 72 valence electrons. The zero-order chi connectivity index (χ0) is 9.68. The molecular formula is C12H18O. The first kappa shape index (κ1) is 10.3. The Labute approximate surface area is 80.9 Å². The van der Waals surface area contributed by atoms with Crippen molar-refractivity contribution in [1.82, 2.24) is 0 Å². The van der Waals surface area contributed by atoms with Gasteiger partial charge in [0.15, 0.2) is 0 Å². The molecule has 1 nitrogen and oxygen atoms in total. The molecule has 1 heteroatoms. The molecule has 0 N–H and O–H groups in total. The molecule has 0 spiro atoms. The number of hydrogen-bond acceptors (Lipinski definition) is 1. The first-order valence-corrected chi connectivity index (χ1v) is 5.16.